The van der Waals surface area contributed by atoms with E-state index in [0.29, 0.717) is 25.4 Å². The molecule has 4 nitrogen and oxygen atoms in total. The molecule has 0 amide bonds. The molecular formula is C10H17NO3. The summed E-state index contributed by atoms with van der Waals surface area (Å²) in [5, 5.41) is 8.82. The van der Waals surface area contributed by atoms with Crippen molar-refractivity contribution in [2.75, 3.05) is 19.8 Å². The summed E-state index contributed by atoms with van der Waals surface area (Å²) in [6.07, 6.45) is 0.775. The Bertz CT molecular complexity index is 202. The minimum absolute atomic E-state index is 0.357. The van der Waals surface area contributed by atoms with Gasteiger partial charge in [-0.05, 0) is 20.8 Å². The maximum atomic E-state index is 8.82. The molecule has 0 aliphatic heterocycles. The molecule has 14 heavy (non-hydrogen) atoms. The number of nitrogens with zero attached hydrogens (tertiary/aromatic N) is 1. The highest BCUT2D eigenvalue weighted by molar-refractivity contribution is 5.21. The van der Waals surface area contributed by atoms with Crippen LogP contribution in [0.3, 0.4) is 0 Å². The van der Waals surface area contributed by atoms with Gasteiger partial charge in [0.1, 0.15) is 17.9 Å². The molecule has 0 aromatic heterocycles. The third-order valence-electron chi connectivity index (χ3n) is 1.40. The smallest absolute Gasteiger partial charge is 0.196 e. The molecule has 0 saturated carbocycles. The average molecular weight is 199 g/mol. The van der Waals surface area contributed by atoms with Gasteiger partial charge in [0.2, 0.25) is 0 Å². The van der Waals surface area contributed by atoms with Crippen LogP contribution in [-0.4, -0.2) is 26.1 Å². The van der Waals surface area contributed by atoms with Gasteiger partial charge in [0.15, 0.2) is 6.29 Å². The Kier molecular flexibility index (Phi) is 7.90. The summed E-state index contributed by atoms with van der Waals surface area (Å²) in [6, 6.07) is 1.99. The number of ether oxygens (including phenoxy) is 3. The summed E-state index contributed by atoms with van der Waals surface area (Å²) >= 11 is 0. The van der Waals surface area contributed by atoms with Gasteiger partial charge in [-0.2, -0.15) is 5.26 Å². The van der Waals surface area contributed by atoms with E-state index in [1.807, 2.05) is 26.8 Å². The molecule has 0 aromatic rings. The summed E-state index contributed by atoms with van der Waals surface area (Å²) in [7, 11) is 0. The Morgan fingerprint density at radius 2 is 1.79 bits per heavy atom. The number of nitriles is 1. The first-order chi connectivity index (χ1) is 6.79. The molecule has 4 heteroatoms. The Hall–Kier alpha value is -1.05. The van der Waals surface area contributed by atoms with E-state index in [9.17, 15) is 0 Å². The predicted octanol–water partition coefficient (Wildman–Crippen LogP) is 1.83. The van der Waals surface area contributed by atoms with Crippen molar-refractivity contribution in [3.8, 4) is 6.07 Å². The van der Waals surface area contributed by atoms with Crippen molar-refractivity contribution < 1.29 is 14.2 Å². The summed E-state index contributed by atoms with van der Waals surface area (Å²) in [5.74, 6) is 0. The van der Waals surface area contributed by atoms with Crippen LogP contribution in [-0.2, 0) is 14.2 Å². The van der Waals surface area contributed by atoms with Crippen molar-refractivity contribution in [1.82, 2.24) is 0 Å². The zero-order chi connectivity index (χ0) is 10.8. The highest BCUT2D eigenvalue weighted by Crippen LogP contribution is 2.08. The number of rotatable bonds is 7. The minimum Gasteiger partial charge on any atom is -0.500 e. The second-order valence-electron chi connectivity index (χ2n) is 2.38. The van der Waals surface area contributed by atoms with Gasteiger partial charge in [0.05, 0.1) is 6.61 Å². The highest BCUT2D eigenvalue weighted by atomic mass is 16.7. The molecule has 0 N–H and O–H groups in total. The largest absolute Gasteiger partial charge is 0.500 e. The lowest BCUT2D eigenvalue weighted by Gasteiger charge is -2.15. The molecule has 0 unspecified atom stereocenters. The second-order valence-corrected chi connectivity index (χ2v) is 2.38. The van der Waals surface area contributed by atoms with E-state index in [1.165, 1.54) is 6.26 Å². The van der Waals surface area contributed by atoms with Gasteiger partial charge in [-0.25, -0.2) is 0 Å². The molecule has 0 saturated heterocycles. The van der Waals surface area contributed by atoms with Gasteiger partial charge in [-0.15, -0.1) is 0 Å². The minimum atomic E-state index is -0.610. The Morgan fingerprint density at radius 1 is 1.21 bits per heavy atom. The molecular weight excluding hydrogens is 182 g/mol. The highest BCUT2D eigenvalue weighted by Gasteiger charge is 2.14. The van der Waals surface area contributed by atoms with Crippen molar-refractivity contribution in [2.24, 2.45) is 0 Å². The first-order valence-corrected chi connectivity index (χ1v) is 4.75. The average Bonchev–Trinajstić information content (AvgIpc) is 2.19. The lowest BCUT2D eigenvalue weighted by molar-refractivity contribution is -0.109. The van der Waals surface area contributed by atoms with Gasteiger partial charge in [0.25, 0.3) is 0 Å². The maximum absolute atomic E-state index is 8.82. The fraction of sp³-hybridized carbons (Fsp3) is 0.700. The first kappa shape index (κ1) is 12.9. The fourth-order valence-corrected chi connectivity index (χ4v) is 0.838. The third-order valence-corrected chi connectivity index (χ3v) is 1.40. The van der Waals surface area contributed by atoms with Crippen molar-refractivity contribution in [3.63, 3.8) is 0 Å². The van der Waals surface area contributed by atoms with Crippen molar-refractivity contribution in [2.45, 2.75) is 27.1 Å². The molecule has 0 aliphatic rings. The number of hydrogen-bond acceptors (Lipinski definition) is 4. The quantitative estimate of drug-likeness (QED) is 0.356. The fourth-order valence-electron chi connectivity index (χ4n) is 0.838. The Balaban J connectivity index is 4.34. The standard InChI is InChI=1S/C10H17NO3/c1-4-12-8-9(7-11)10(13-5-2)14-6-3/h8,10H,4-6H2,1-3H3/b9-8+. The van der Waals surface area contributed by atoms with Crippen molar-refractivity contribution in [1.29, 1.82) is 5.26 Å². The van der Waals surface area contributed by atoms with Crippen molar-refractivity contribution in [3.05, 3.63) is 11.8 Å². The molecule has 0 aromatic carbocycles. The van der Waals surface area contributed by atoms with Gasteiger partial charge in [-0.1, -0.05) is 0 Å². The van der Waals surface area contributed by atoms with Crippen LogP contribution in [0.25, 0.3) is 0 Å². The molecule has 80 valence electrons. The lowest BCUT2D eigenvalue weighted by Crippen LogP contribution is -2.19. The Morgan fingerprint density at radius 3 is 2.14 bits per heavy atom. The van der Waals surface area contributed by atoms with E-state index in [4.69, 9.17) is 19.5 Å². The zero-order valence-electron chi connectivity index (χ0n) is 8.95. The zero-order valence-corrected chi connectivity index (χ0v) is 8.95. The lowest BCUT2D eigenvalue weighted by atomic mass is 10.3. The number of hydrogen-bond donors (Lipinski definition) is 0. The van der Waals surface area contributed by atoms with Crippen LogP contribution in [0.5, 0.6) is 0 Å². The van der Waals surface area contributed by atoms with Crippen LogP contribution >= 0.6 is 0 Å². The van der Waals surface area contributed by atoms with Crippen LogP contribution in [0.4, 0.5) is 0 Å². The Labute approximate surface area is 85.1 Å². The summed E-state index contributed by atoms with van der Waals surface area (Å²) in [4.78, 5) is 0. The third kappa shape index (κ3) is 4.85. The van der Waals surface area contributed by atoms with Crippen LogP contribution in [0.15, 0.2) is 11.8 Å². The van der Waals surface area contributed by atoms with Gasteiger partial charge in [-0.3, -0.25) is 0 Å². The van der Waals surface area contributed by atoms with E-state index in [1.54, 1.807) is 0 Å². The van der Waals surface area contributed by atoms with E-state index >= 15 is 0 Å². The second kappa shape index (κ2) is 8.54. The molecule has 0 heterocycles. The van der Waals surface area contributed by atoms with Crippen molar-refractivity contribution >= 4 is 0 Å². The van der Waals surface area contributed by atoms with E-state index < -0.39 is 6.29 Å². The maximum Gasteiger partial charge on any atom is 0.196 e. The van der Waals surface area contributed by atoms with E-state index in [2.05, 4.69) is 0 Å². The molecule has 0 bridgehead atoms. The van der Waals surface area contributed by atoms with E-state index in [0.717, 1.165) is 0 Å². The molecule has 0 rings (SSSR count). The van der Waals surface area contributed by atoms with Crippen LogP contribution in [0.1, 0.15) is 20.8 Å². The van der Waals surface area contributed by atoms with Gasteiger partial charge < -0.3 is 14.2 Å². The van der Waals surface area contributed by atoms with Gasteiger partial charge in [0, 0.05) is 13.2 Å². The monoisotopic (exact) mass is 199 g/mol. The van der Waals surface area contributed by atoms with Crippen LogP contribution in [0, 0.1) is 11.3 Å². The molecule has 0 fully saturated rings. The van der Waals surface area contributed by atoms with Crippen LogP contribution in [0.2, 0.25) is 0 Å². The predicted molar refractivity (Wildman–Crippen MR) is 52.4 cm³/mol. The summed E-state index contributed by atoms with van der Waals surface area (Å²) in [6.45, 7) is 7.06. The SMILES string of the molecule is CCO/C=C(\C#N)C(OCC)OCC. The first-order valence-electron chi connectivity index (χ1n) is 4.75. The molecule has 0 spiro atoms. The van der Waals surface area contributed by atoms with Gasteiger partial charge >= 0.3 is 0 Å². The molecule has 0 aliphatic carbocycles. The van der Waals surface area contributed by atoms with E-state index in [-0.39, 0.29) is 0 Å². The topological polar surface area (TPSA) is 51.5 Å². The molecule has 0 radical (unpaired) electrons. The summed E-state index contributed by atoms with van der Waals surface area (Å²) in [5.41, 5.74) is 0.357. The normalized spacial score (nSPS) is 11.5. The summed E-state index contributed by atoms with van der Waals surface area (Å²) < 4.78 is 15.5. The van der Waals surface area contributed by atoms with Crippen LogP contribution < -0.4 is 0 Å². The molecule has 0 atom stereocenters.